The molecule has 0 bridgehead atoms. The molecule has 25 heavy (non-hydrogen) atoms. The van der Waals surface area contributed by atoms with Gasteiger partial charge in [-0.15, -0.1) is 0 Å². The predicted octanol–water partition coefficient (Wildman–Crippen LogP) is 3.56. The van der Waals surface area contributed by atoms with Crippen molar-refractivity contribution in [1.29, 1.82) is 0 Å². The Kier molecular flexibility index (Phi) is 20.7. The van der Waals surface area contributed by atoms with Crippen LogP contribution in [0.3, 0.4) is 0 Å². The van der Waals surface area contributed by atoms with Crippen LogP contribution < -0.4 is 10.6 Å². The molecule has 0 aromatic carbocycles. The maximum atomic E-state index is 9.60. The van der Waals surface area contributed by atoms with Crippen molar-refractivity contribution < 1.29 is 10.2 Å². The smallest absolute Gasteiger partial charge is 0.0550 e. The zero-order valence-corrected chi connectivity index (χ0v) is 17.6. The van der Waals surface area contributed by atoms with Gasteiger partial charge in [-0.2, -0.15) is 11.8 Å². The molecule has 0 fully saturated rings. The number of unbranched alkanes of at least 4 members (excludes halogenated alkanes) is 4. The predicted molar refractivity (Wildman–Crippen MR) is 113 cm³/mol. The van der Waals surface area contributed by atoms with E-state index in [0.717, 1.165) is 51.9 Å². The van der Waals surface area contributed by atoms with E-state index in [1.165, 1.54) is 38.5 Å². The van der Waals surface area contributed by atoms with Gasteiger partial charge in [0.05, 0.1) is 13.2 Å². The van der Waals surface area contributed by atoms with Gasteiger partial charge < -0.3 is 20.8 Å². The largest absolute Gasteiger partial charge is 0.395 e. The van der Waals surface area contributed by atoms with Crippen LogP contribution in [0.1, 0.15) is 78.1 Å². The summed E-state index contributed by atoms with van der Waals surface area (Å²) in [6.45, 7) is 9.16. The van der Waals surface area contributed by atoms with Gasteiger partial charge in [-0.3, -0.25) is 0 Å². The molecule has 0 saturated carbocycles. The molecule has 0 aromatic heterocycles. The monoisotopic (exact) mass is 376 g/mol. The van der Waals surface area contributed by atoms with Gasteiger partial charge >= 0.3 is 0 Å². The molecule has 2 unspecified atom stereocenters. The first-order chi connectivity index (χ1) is 12.3. The molecule has 0 aliphatic carbocycles. The molecule has 0 rings (SSSR count). The fourth-order valence-corrected chi connectivity index (χ4v) is 4.16. The lowest BCUT2D eigenvalue weighted by atomic mass is 10.2. The number of aliphatic hydroxyl groups excluding tert-OH is 2. The Hall–Kier alpha value is 0.190. The van der Waals surface area contributed by atoms with Crippen LogP contribution in [-0.4, -0.2) is 60.1 Å². The van der Waals surface area contributed by atoms with Gasteiger partial charge in [-0.1, -0.05) is 39.5 Å². The van der Waals surface area contributed by atoms with Crippen molar-refractivity contribution in [3.8, 4) is 0 Å². The molecule has 0 aromatic rings. The van der Waals surface area contributed by atoms with Gasteiger partial charge in [-0.05, 0) is 64.7 Å². The van der Waals surface area contributed by atoms with Crippen LogP contribution in [0.5, 0.6) is 0 Å². The summed E-state index contributed by atoms with van der Waals surface area (Å²) in [5, 5.41) is 26.7. The molecule has 0 aliphatic heterocycles. The molecule has 0 saturated heterocycles. The third kappa shape index (κ3) is 17.4. The van der Waals surface area contributed by atoms with Crippen LogP contribution in [0, 0.1) is 0 Å². The normalized spacial score (nSPS) is 13.9. The van der Waals surface area contributed by atoms with E-state index < -0.39 is 0 Å². The fraction of sp³-hybridized carbons (Fsp3) is 1.00. The molecular formula is C20H44N2O2S. The quantitative estimate of drug-likeness (QED) is 0.245. The minimum atomic E-state index is 0.215. The van der Waals surface area contributed by atoms with Gasteiger partial charge in [0.25, 0.3) is 0 Å². The highest BCUT2D eigenvalue weighted by Crippen LogP contribution is 2.24. The molecule has 0 heterocycles. The fourth-order valence-electron chi connectivity index (χ4n) is 2.84. The summed E-state index contributed by atoms with van der Waals surface area (Å²) in [4.78, 5) is 0. The first-order valence-electron chi connectivity index (χ1n) is 10.6. The van der Waals surface area contributed by atoms with E-state index in [1.807, 2.05) is 0 Å². The molecule has 152 valence electrons. The van der Waals surface area contributed by atoms with Gasteiger partial charge in [0.2, 0.25) is 0 Å². The van der Waals surface area contributed by atoms with E-state index in [2.05, 4.69) is 24.5 Å². The second-order valence-electron chi connectivity index (χ2n) is 6.94. The minimum Gasteiger partial charge on any atom is -0.395 e. The lowest BCUT2D eigenvalue weighted by Gasteiger charge is -2.20. The van der Waals surface area contributed by atoms with E-state index in [9.17, 15) is 10.2 Å². The van der Waals surface area contributed by atoms with Crippen molar-refractivity contribution in [3.63, 3.8) is 0 Å². The number of nitrogens with one attached hydrogen (secondary N) is 2. The molecule has 0 aliphatic rings. The average Bonchev–Trinajstić information content (AvgIpc) is 2.64. The molecule has 4 nitrogen and oxygen atoms in total. The second kappa shape index (κ2) is 20.5. The maximum absolute atomic E-state index is 9.60. The van der Waals surface area contributed by atoms with Crippen molar-refractivity contribution in [2.75, 3.05) is 39.4 Å². The summed E-state index contributed by atoms with van der Waals surface area (Å²) in [5.41, 5.74) is 0. The Morgan fingerprint density at radius 3 is 1.40 bits per heavy atom. The standard InChI is InChI=1S/C20H44N2O2S/c1-3-5-7-13-21-15-9-11-19(17-23)25-20(18-24)12-10-16-22-14-8-6-4-2/h19-24H,3-18H2,1-2H3. The number of thioether (sulfide) groups is 1. The summed E-state index contributed by atoms with van der Waals surface area (Å²) in [6.07, 6.45) is 11.9. The van der Waals surface area contributed by atoms with Crippen LogP contribution >= 0.6 is 11.8 Å². The highest BCUT2D eigenvalue weighted by molar-refractivity contribution is 8.00. The zero-order valence-electron chi connectivity index (χ0n) is 16.8. The number of aliphatic hydroxyl groups is 2. The lowest BCUT2D eigenvalue weighted by molar-refractivity contribution is 0.279. The Labute approximate surface area is 160 Å². The summed E-state index contributed by atoms with van der Waals surface area (Å²) in [7, 11) is 0. The Bertz CT molecular complexity index is 234. The lowest BCUT2D eigenvalue weighted by Crippen LogP contribution is -2.22. The first-order valence-corrected chi connectivity index (χ1v) is 11.5. The SMILES string of the molecule is CCCCCNCCCC(CO)SC(CO)CCCNCCCCC. The minimum absolute atomic E-state index is 0.215. The topological polar surface area (TPSA) is 64.5 Å². The summed E-state index contributed by atoms with van der Waals surface area (Å²) >= 11 is 1.78. The molecule has 0 spiro atoms. The number of hydrogen-bond acceptors (Lipinski definition) is 5. The molecule has 5 heteroatoms. The van der Waals surface area contributed by atoms with Gasteiger partial charge in [0.1, 0.15) is 0 Å². The van der Waals surface area contributed by atoms with Crippen LogP contribution in [0.15, 0.2) is 0 Å². The molecular weight excluding hydrogens is 332 g/mol. The van der Waals surface area contributed by atoms with Crippen LogP contribution in [0.25, 0.3) is 0 Å². The molecule has 0 amide bonds. The summed E-state index contributed by atoms with van der Waals surface area (Å²) in [5.74, 6) is 0. The van der Waals surface area contributed by atoms with Crippen LogP contribution in [-0.2, 0) is 0 Å². The van der Waals surface area contributed by atoms with E-state index in [-0.39, 0.29) is 23.7 Å². The third-order valence-electron chi connectivity index (χ3n) is 4.47. The highest BCUT2D eigenvalue weighted by atomic mass is 32.2. The maximum Gasteiger partial charge on any atom is 0.0550 e. The van der Waals surface area contributed by atoms with E-state index in [0.29, 0.717) is 0 Å². The van der Waals surface area contributed by atoms with Crippen molar-refractivity contribution in [3.05, 3.63) is 0 Å². The van der Waals surface area contributed by atoms with Crippen molar-refractivity contribution >= 4 is 11.8 Å². The zero-order chi connectivity index (χ0) is 18.6. The molecule has 4 N–H and O–H groups in total. The van der Waals surface area contributed by atoms with Crippen molar-refractivity contribution in [1.82, 2.24) is 10.6 Å². The molecule has 0 radical (unpaired) electrons. The number of rotatable bonds is 20. The second-order valence-corrected chi connectivity index (χ2v) is 8.55. The van der Waals surface area contributed by atoms with Crippen molar-refractivity contribution in [2.45, 2.75) is 88.6 Å². The summed E-state index contributed by atoms with van der Waals surface area (Å²) < 4.78 is 0. The van der Waals surface area contributed by atoms with Crippen LogP contribution in [0.4, 0.5) is 0 Å². The third-order valence-corrected chi connectivity index (χ3v) is 6.01. The van der Waals surface area contributed by atoms with Crippen LogP contribution in [0.2, 0.25) is 0 Å². The van der Waals surface area contributed by atoms with Gasteiger partial charge in [0.15, 0.2) is 0 Å². The Morgan fingerprint density at radius 1 is 0.640 bits per heavy atom. The number of hydrogen-bond donors (Lipinski definition) is 4. The van der Waals surface area contributed by atoms with E-state index >= 15 is 0 Å². The average molecular weight is 377 g/mol. The van der Waals surface area contributed by atoms with E-state index in [4.69, 9.17) is 0 Å². The highest BCUT2D eigenvalue weighted by Gasteiger charge is 2.15. The van der Waals surface area contributed by atoms with E-state index in [1.54, 1.807) is 11.8 Å². The Balaban J connectivity index is 3.67. The molecule has 2 atom stereocenters. The van der Waals surface area contributed by atoms with Gasteiger partial charge in [-0.25, -0.2) is 0 Å². The van der Waals surface area contributed by atoms with Crippen molar-refractivity contribution in [2.24, 2.45) is 0 Å². The van der Waals surface area contributed by atoms with Gasteiger partial charge in [0, 0.05) is 10.5 Å². The Morgan fingerprint density at radius 2 is 1.04 bits per heavy atom. The summed E-state index contributed by atoms with van der Waals surface area (Å²) in [6, 6.07) is 0. The first kappa shape index (κ1) is 25.2.